The summed E-state index contributed by atoms with van der Waals surface area (Å²) in [6.07, 6.45) is 13.8. The minimum Gasteiger partial charge on any atom is -0.497 e. The molecule has 1 fully saturated rings. The van der Waals surface area contributed by atoms with Crippen molar-refractivity contribution in [2.45, 2.75) is 32.1 Å². The number of amides is 1. The maximum Gasteiger partial charge on any atom is 0.227 e. The molecule has 3 N–H and O–H groups in total. The lowest BCUT2D eigenvalue weighted by Crippen LogP contribution is -2.24. The van der Waals surface area contributed by atoms with Gasteiger partial charge in [0.1, 0.15) is 17.3 Å². The quantitative estimate of drug-likeness (QED) is 0.203. The number of aromatic nitrogens is 6. The maximum absolute atomic E-state index is 14.3. The fourth-order valence-electron chi connectivity index (χ4n) is 5.78. The lowest BCUT2D eigenvalue weighted by atomic mass is 9.88. The van der Waals surface area contributed by atoms with Gasteiger partial charge in [-0.05, 0) is 48.7 Å². The largest absolute Gasteiger partial charge is 0.497 e. The van der Waals surface area contributed by atoms with Crippen LogP contribution in [0.1, 0.15) is 32.1 Å². The number of nitrogens with zero attached hydrogens (tertiary/aromatic N) is 4. The number of nitrogens with one attached hydrogen (secondary N) is 3. The number of hydrogen-bond acceptors (Lipinski definition) is 6. The van der Waals surface area contributed by atoms with E-state index in [0.717, 1.165) is 64.3 Å². The summed E-state index contributed by atoms with van der Waals surface area (Å²) in [5, 5.41) is 12.4. The number of fused-ring (bicyclic) bond motifs is 2. The number of methoxy groups -OCH3 is 1. The van der Waals surface area contributed by atoms with E-state index in [-0.39, 0.29) is 17.6 Å². The Hall–Kier alpha value is -5.12. The molecule has 0 radical (unpaired) electrons. The predicted octanol–water partition coefficient (Wildman–Crippen LogP) is 6.90. The molecule has 5 aromatic heterocycles. The SMILES string of the molecule is COc1cc(F)cc(-c2cncc3[nH]c(-c4n[nH]c5cnc(-c6cncc(NC(=O)C7CCCCC7)c6)cc45)cc23)c1. The van der Waals surface area contributed by atoms with Gasteiger partial charge in [-0.15, -0.1) is 0 Å². The molecule has 1 aromatic carbocycles. The zero-order valence-electron chi connectivity index (χ0n) is 22.9. The van der Waals surface area contributed by atoms with Gasteiger partial charge in [0.2, 0.25) is 5.91 Å². The van der Waals surface area contributed by atoms with E-state index < -0.39 is 0 Å². The normalized spacial score (nSPS) is 14.0. The highest BCUT2D eigenvalue weighted by atomic mass is 19.1. The molecule has 1 amide bonds. The molecule has 0 atom stereocenters. The highest BCUT2D eigenvalue weighted by molar-refractivity contribution is 6.01. The maximum atomic E-state index is 14.3. The predicted molar refractivity (Wildman–Crippen MR) is 159 cm³/mol. The summed E-state index contributed by atoms with van der Waals surface area (Å²) in [7, 11) is 1.51. The summed E-state index contributed by atoms with van der Waals surface area (Å²) >= 11 is 0. The molecule has 7 rings (SSSR count). The van der Waals surface area contributed by atoms with Crippen LogP contribution in [0.5, 0.6) is 5.75 Å². The van der Waals surface area contributed by atoms with Crippen LogP contribution in [0, 0.1) is 11.7 Å². The number of carbonyl (C=O) groups is 1. The lowest BCUT2D eigenvalue weighted by molar-refractivity contribution is -0.120. The second-order valence-electron chi connectivity index (χ2n) is 10.7. The molecule has 0 saturated heterocycles. The molecule has 10 heteroatoms. The Morgan fingerprint density at radius 2 is 1.76 bits per heavy atom. The molecule has 0 aliphatic heterocycles. The molecule has 0 bridgehead atoms. The second kappa shape index (κ2) is 10.7. The fraction of sp³-hybridized carbons (Fsp3) is 0.219. The first kappa shape index (κ1) is 25.8. The number of anilines is 1. The van der Waals surface area contributed by atoms with E-state index >= 15 is 0 Å². The topological polar surface area (TPSA) is 121 Å². The summed E-state index contributed by atoms with van der Waals surface area (Å²) in [5.41, 5.74) is 6.63. The zero-order chi connectivity index (χ0) is 28.6. The van der Waals surface area contributed by atoms with Crippen LogP contribution in [0.3, 0.4) is 0 Å². The van der Waals surface area contributed by atoms with E-state index in [1.54, 1.807) is 37.1 Å². The van der Waals surface area contributed by atoms with Crippen molar-refractivity contribution in [1.82, 2.24) is 30.1 Å². The number of pyridine rings is 3. The van der Waals surface area contributed by atoms with E-state index in [9.17, 15) is 9.18 Å². The van der Waals surface area contributed by atoms with E-state index in [2.05, 4.69) is 35.5 Å². The molecule has 0 unspecified atom stereocenters. The monoisotopic (exact) mass is 561 g/mol. The average molecular weight is 562 g/mol. The molecular weight excluding hydrogens is 533 g/mol. The number of halogens is 1. The summed E-state index contributed by atoms with van der Waals surface area (Å²) in [6, 6.07) is 10.4. The summed E-state index contributed by atoms with van der Waals surface area (Å²) < 4.78 is 19.6. The minimum atomic E-state index is -0.387. The number of benzene rings is 1. The summed E-state index contributed by atoms with van der Waals surface area (Å²) in [4.78, 5) is 29.6. The number of ether oxygens (including phenoxy) is 1. The van der Waals surface area contributed by atoms with Crippen molar-refractivity contribution in [3.05, 3.63) is 73.2 Å². The van der Waals surface area contributed by atoms with Crippen LogP contribution in [0.15, 0.2) is 67.4 Å². The third-order valence-corrected chi connectivity index (χ3v) is 7.94. The molecule has 9 nitrogen and oxygen atoms in total. The van der Waals surface area contributed by atoms with Crippen molar-refractivity contribution < 1.29 is 13.9 Å². The number of hydrogen-bond donors (Lipinski definition) is 3. The van der Waals surface area contributed by atoms with Gasteiger partial charge < -0.3 is 15.0 Å². The molecule has 1 saturated carbocycles. The van der Waals surface area contributed by atoms with Crippen LogP contribution < -0.4 is 10.1 Å². The number of H-pyrrole nitrogens is 2. The molecular formula is C32H28FN7O2. The summed E-state index contributed by atoms with van der Waals surface area (Å²) in [5.74, 6) is 0.157. The van der Waals surface area contributed by atoms with E-state index in [0.29, 0.717) is 28.4 Å². The number of aromatic amines is 2. The lowest BCUT2D eigenvalue weighted by Gasteiger charge is -2.20. The average Bonchev–Trinajstić information content (AvgIpc) is 3.65. The number of carbonyl (C=O) groups excluding carboxylic acids is 1. The van der Waals surface area contributed by atoms with Crippen molar-refractivity contribution in [3.8, 4) is 39.5 Å². The summed E-state index contributed by atoms with van der Waals surface area (Å²) in [6.45, 7) is 0. The van der Waals surface area contributed by atoms with Crippen molar-refractivity contribution in [2.24, 2.45) is 5.92 Å². The Labute approximate surface area is 240 Å². The van der Waals surface area contributed by atoms with Crippen LogP contribution in [0.2, 0.25) is 0 Å². The van der Waals surface area contributed by atoms with Crippen LogP contribution in [-0.2, 0) is 4.79 Å². The Morgan fingerprint density at radius 3 is 2.62 bits per heavy atom. The van der Waals surface area contributed by atoms with Crippen LogP contribution in [-0.4, -0.2) is 43.2 Å². The smallest absolute Gasteiger partial charge is 0.227 e. The highest BCUT2D eigenvalue weighted by Crippen LogP contribution is 2.36. The van der Waals surface area contributed by atoms with Gasteiger partial charge in [0.05, 0.1) is 53.8 Å². The minimum absolute atomic E-state index is 0.0542. The standard InChI is InChI=1S/C32H28FN7O2/c1-42-23-9-19(7-21(33)10-23)26-15-35-16-29-24(26)11-28(38-29)31-25-12-27(36-17-30(25)39-40-31)20-8-22(14-34-13-20)37-32(41)18-5-3-2-4-6-18/h7-18,38H,2-6H2,1H3,(H,37,41)(H,39,40). The van der Waals surface area contributed by atoms with E-state index in [1.807, 2.05) is 18.2 Å². The number of rotatable bonds is 6. The van der Waals surface area contributed by atoms with Crippen molar-refractivity contribution in [2.75, 3.05) is 12.4 Å². The zero-order valence-corrected chi connectivity index (χ0v) is 22.9. The van der Waals surface area contributed by atoms with E-state index in [1.165, 1.54) is 25.7 Å². The Balaban J connectivity index is 1.23. The second-order valence-corrected chi connectivity index (χ2v) is 10.7. The van der Waals surface area contributed by atoms with Gasteiger partial charge in [-0.2, -0.15) is 5.10 Å². The Kier molecular flexibility index (Phi) is 6.58. The molecule has 1 aliphatic rings. The third-order valence-electron chi connectivity index (χ3n) is 7.94. The molecule has 1 aliphatic carbocycles. The third kappa shape index (κ3) is 4.85. The molecule has 42 heavy (non-hydrogen) atoms. The van der Waals surface area contributed by atoms with Crippen molar-refractivity contribution in [1.29, 1.82) is 0 Å². The van der Waals surface area contributed by atoms with Gasteiger partial charge in [0.25, 0.3) is 0 Å². The van der Waals surface area contributed by atoms with Gasteiger partial charge in [-0.1, -0.05) is 19.3 Å². The first-order valence-electron chi connectivity index (χ1n) is 14.0. The Bertz CT molecular complexity index is 1940. The van der Waals surface area contributed by atoms with Crippen LogP contribution in [0.25, 0.3) is 55.6 Å². The van der Waals surface area contributed by atoms with Crippen molar-refractivity contribution >= 4 is 33.4 Å². The van der Waals surface area contributed by atoms with Gasteiger partial charge in [0.15, 0.2) is 0 Å². The molecule has 0 spiro atoms. The highest BCUT2D eigenvalue weighted by Gasteiger charge is 2.21. The molecule has 210 valence electrons. The Morgan fingerprint density at radius 1 is 0.905 bits per heavy atom. The first-order valence-corrected chi connectivity index (χ1v) is 14.0. The van der Waals surface area contributed by atoms with Gasteiger partial charge >= 0.3 is 0 Å². The van der Waals surface area contributed by atoms with Gasteiger partial charge in [-0.25, -0.2) is 4.39 Å². The van der Waals surface area contributed by atoms with Gasteiger partial charge in [0, 0.05) is 46.3 Å². The van der Waals surface area contributed by atoms with E-state index in [4.69, 9.17) is 4.74 Å². The first-order chi connectivity index (χ1) is 20.6. The fourth-order valence-corrected chi connectivity index (χ4v) is 5.78. The van der Waals surface area contributed by atoms with Gasteiger partial charge in [-0.3, -0.25) is 24.8 Å². The van der Waals surface area contributed by atoms with Crippen LogP contribution in [0.4, 0.5) is 10.1 Å². The van der Waals surface area contributed by atoms with Crippen molar-refractivity contribution in [3.63, 3.8) is 0 Å². The molecule has 5 heterocycles. The molecule has 6 aromatic rings. The van der Waals surface area contributed by atoms with Crippen LogP contribution >= 0.6 is 0 Å².